The van der Waals surface area contributed by atoms with Crippen LogP contribution in [-0.4, -0.2) is 67.9 Å². The maximum absolute atomic E-state index is 12.6. The lowest BCUT2D eigenvalue weighted by Gasteiger charge is -2.15. The third-order valence-electron chi connectivity index (χ3n) is 5.46. The van der Waals surface area contributed by atoms with Crippen molar-refractivity contribution in [3.63, 3.8) is 0 Å². The number of hydrogen-bond donors (Lipinski definition) is 5. The van der Waals surface area contributed by atoms with Crippen molar-refractivity contribution in [1.82, 2.24) is 15.0 Å². The van der Waals surface area contributed by atoms with Crippen molar-refractivity contribution in [2.24, 2.45) is 10.2 Å². The highest BCUT2D eigenvalue weighted by Gasteiger charge is 2.25. The number of fused-ring (bicyclic) bond motifs is 1. The van der Waals surface area contributed by atoms with Gasteiger partial charge in [0.2, 0.25) is 11.2 Å². The Balaban J connectivity index is 0.00000625. The summed E-state index contributed by atoms with van der Waals surface area (Å²) in [6.45, 7) is 1.53. The fraction of sp³-hybridized carbons (Fsp3) is 0.130. The van der Waals surface area contributed by atoms with Crippen molar-refractivity contribution < 1.29 is 66.5 Å². The van der Waals surface area contributed by atoms with Crippen LogP contribution < -0.4 is 10.1 Å². The molecule has 0 aliphatic heterocycles. The zero-order valence-electron chi connectivity index (χ0n) is 23.9. The van der Waals surface area contributed by atoms with E-state index in [-0.39, 0.29) is 66.8 Å². The van der Waals surface area contributed by atoms with Crippen LogP contribution in [0.25, 0.3) is 10.8 Å². The summed E-state index contributed by atoms with van der Waals surface area (Å²) >= 11 is 7.40. The van der Waals surface area contributed by atoms with Crippen molar-refractivity contribution in [1.29, 1.82) is 0 Å². The molecule has 0 amide bonds. The van der Waals surface area contributed by atoms with Crippen molar-refractivity contribution in [2.45, 2.75) is 21.6 Å². The van der Waals surface area contributed by atoms with E-state index < -0.39 is 26.7 Å². The first kappa shape index (κ1) is 38.8. The molecule has 20 nitrogen and oxygen atoms in total. The number of nitrogens with one attached hydrogen (secondary N) is 1. The van der Waals surface area contributed by atoms with E-state index in [1.807, 2.05) is 0 Å². The van der Waals surface area contributed by atoms with Gasteiger partial charge in [-0.15, -0.1) is 18.9 Å². The van der Waals surface area contributed by atoms with Gasteiger partial charge in [0.05, 0.1) is 46.7 Å². The molecule has 0 aliphatic carbocycles. The zero-order valence-corrected chi connectivity index (χ0v) is 27.9. The van der Waals surface area contributed by atoms with Crippen molar-refractivity contribution in [3.05, 3.63) is 47.5 Å². The van der Waals surface area contributed by atoms with Gasteiger partial charge in [-0.1, -0.05) is 10.1 Å². The van der Waals surface area contributed by atoms with Crippen LogP contribution in [0.5, 0.6) is 11.5 Å². The van der Waals surface area contributed by atoms with Gasteiger partial charge in [0, 0.05) is 22.8 Å². The molecule has 4 aromatic rings. The van der Waals surface area contributed by atoms with E-state index in [0.717, 1.165) is 0 Å². The molecule has 0 fully saturated rings. The molecule has 0 unspecified atom stereocenters. The summed E-state index contributed by atoms with van der Waals surface area (Å²) in [5, 5.41) is 45.5. The molecule has 3 aromatic carbocycles. The average molecular weight is 769 g/mol. The number of carbonyl (C=O) groups excluding carboxylic acids is 1. The minimum absolute atomic E-state index is 0. The Morgan fingerprint density at radius 2 is 1.77 bits per heavy atom. The number of benzene rings is 3. The monoisotopic (exact) mass is 768 g/mol. The molecule has 25 heteroatoms. The third kappa shape index (κ3) is 9.95. The molecule has 258 valence electrons. The van der Waals surface area contributed by atoms with Gasteiger partial charge in [-0.3, -0.25) is 9.35 Å². The summed E-state index contributed by atoms with van der Waals surface area (Å²) in [5.41, 5.74) is -0.306. The van der Waals surface area contributed by atoms with Crippen LogP contribution in [0.2, 0.25) is 5.28 Å². The van der Waals surface area contributed by atoms with Crippen LogP contribution in [0.3, 0.4) is 0 Å². The highest BCUT2D eigenvalue weighted by atomic mass is 35.5. The third-order valence-corrected chi connectivity index (χ3v) is 8.43. The number of halogens is 1. The second kappa shape index (κ2) is 17.7. The molecule has 0 saturated heterocycles. The molecule has 1 aromatic heterocycles. The minimum Gasteiger partial charge on any atom is -0.505 e. The number of phenolic OH excluding ortho intramolecular Hbond substituents is 1. The molecular weight excluding hydrogens is 748 g/mol. The number of aromatic nitrogens is 3. The minimum atomic E-state index is -4.99. The van der Waals surface area contributed by atoms with Gasteiger partial charge >= 0.3 is 5.97 Å². The summed E-state index contributed by atoms with van der Waals surface area (Å²) < 4.78 is 54.4. The van der Waals surface area contributed by atoms with Crippen LogP contribution in [0.15, 0.2) is 61.3 Å². The maximum atomic E-state index is 12.6. The van der Waals surface area contributed by atoms with Crippen LogP contribution in [0.1, 0.15) is 5.82 Å². The van der Waals surface area contributed by atoms with E-state index in [0.29, 0.717) is 41.0 Å². The number of aryl methyl sites for hydroxylation is 1. The predicted octanol–water partition coefficient (Wildman–Crippen LogP) is 5.33. The summed E-state index contributed by atoms with van der Waals surface area (Å²) in [5.74, 6) is -1.32. The number of anilines is 2. The Morgan fingerprint density at radius 1 is 1.02 bits per heavy atom. The standard InChI is InChI=1S/C23H19ClN6O13S4.H2O/c1-10-25-22(24)28-23(26-10)27-15-6-4-12-13(21(15)47(35,36)37)8-17(46-43-41-34)19(20(12)32)30-29-14-5-3-11(7-16(14)38-2)45-39-18(31)9-44-42-40-33;/h3-8,32-34H,9H2,1-2H3,(H,35,36,37)(H,25,26,27,28);1H2. The van der Waals surface area contributed by atoms with E-state index in [1.165, 1.54) is 50.4 Å². The quantitative estimate of drug-likeness (QED) is 0.0255. The Kier molecular flexibility index (Phi) is 14.3. The van der Waals surface area contributed by atoms with E-state index in [1.54, 1.807) is 0 Å². The highest BCUT2D eigenvalue weighted by Crippen LogP contribution is 2.47. The fourth-order valence-electron chi connectivity index (χ4n) is 3.72. The van der Waals surface area contributed by atoms with Gasteiger partial charge in [-0.2, -0.15) is 18.4 Å². The molecule has 4 rings (SSSR count). The Hall–Kier alpha value is -3.63. The smallest absolute Gasteiger partial charge is 0.330 e. The normalized spacial score (nSPS) is 11.5. The molecule has 1 heterocycles. The van der Waals surface area contributed by atoms with Crippen molar-refractivity contribution in [2.75, 3.05) is 18.2 Å². The summed E-state index contributed by atoms with van der Waals surface area (Å²) in [6.07, 6.45) is 0. The number of methoxy groups -OCH3 is 1. The fourth-order valence-corrected chi connectivity index (χ4v) is 6.10. The predicted molar refractivity (Wildman–Crippen MR) is 169 cm³/mol. The lowest BCUT2D eigenvalue weighted by atomic mass is 10.1. The second-order valence-corrected chi connectivity index (χ2v) is 12.3. The largest absolute Gasteiger partial charge is 0.505 e. The average Bonchev–Trinajstić information content (AvgIpc) is 3.01. The van der Waals surface area contributed by atoms with Crippen molar-refractivity contribution >= 4 is 97.6 Å². The van der Waals surface area contributed by atoms with Gasteiger partial charge in [0.15, 0.2) is 5.75 Å². The Bertz CT molecular complexity index is 1900. The first-order chi connectivity index (χ1) is 22.4. The Labute approximate surface area is 287 Å². The van der Waals surface area contributed by atoms with E-state index in [4.69, 9.17) is 31.0 Å². The lowest BCUT2D eigenvalue weighted by molar-refractivity contribution is -0.432. The topological polar surface area (TPSA) is 294 Å². The van der Waals surface area contributed by atoms with E-state index in [2.05, 4.69) is 49.2 Å². The first-order valence-electron chi connectivity index (χ1n) is 12.1. The number of phenols is 1. The number of azo groups is 1. The molecule has 7 N–H and O–H groups in total. The maximum Gasteiger partial charge on any atom is 0.330 e. The highest BCUT2D eigenvalue weighted by molar-refractivity contribution is 7.96. The summed E-state index contributed by atoms with van der Waals surface area (Å²) in [7, 11) is -3.65. The van der Waals surface area contributed by atoms with Crippen LogP contribution in [-0.2, 0) is 37.8 Å². The Morgan fingerprint density at radius 3 is 2.44 bits per heavy atom. The SMILES string of the molecule is COc1cc(SOC(=O)CSOOO)ccc1N=Nc1c(SOOO)cc2c(S(=O)(=O)O)c(Nc3nc(C)nc(Cl)n3)ccc2c1O.O. The van der Waals surface area contributed by atoms with Crippen LogP contribution in [0, 0.1) is 6.92 Å². The van der Waals surface area contributed by atoms with Gasteiger partial charge in [0.1, 0.15) is 33.6 Å². The van der Waals surface area contributed by atoms with Gasteiger partial charge in [-0.25, -0.2) is 15.5 Å². The van der Waals surface area contributed by atoms with Crippen LogP contribution in [0.4, 0.5) is 23.0 Å². The zero-order chi connectivity index (χ0) is 34.1. The number of rotatable bonds is 15. The van der Waals surface area contributed by atoms with Gasteiger partial charge < -0.3 is 24.8 Å². The molecular formula is C23H21ClN6O14S4. The number of ether oxygens (including phenoxy) is 1. The van der Waals surface area contributed by atoms with Crippen molar-refractivity contribution in [3.8, 4) is 11.5 Å². The van der Waals surface area contributed by atoms with Gasteiger partial charge in [0.25, 0.3) is 10.1 Å². The molecule has 0 spiro atoms. The number of carbonyl (C=O) groups is 1. The molecule has 0 aliphatic rings. The molecule has 0 atom stereocenters. The number of hydrogen-bond acceptors (Lipinski definition) is 21. The van der Waals surface area contributed by atoms with Crippen LogP contribution >= 0.6 is 47.7 Å². The second-order valence-electron chi connectivity index (χ2n) is 8.39. The molecule has 48 heavy (non-hydrogen) atoms. The first-order valence-corrected chi connectivity index (χ1v) is 16.3. The van der Waals surface area contributed by atoms with E-state index in [9.17, 15) is 22.9 Å². The van der Waals surface area contributed by atoms with Gasteiger partial charge in [-0.05, 0) is 54.9 Å². The van der Waals surface area contributed by atoms with E-state index >= 15 is 0 Å². The number of nitrogens with zero attached hydrogens (tertiary/aromatic N) is 5. The summed E-state index contributed by atoms with van der Waals surface area (Å²) in [6, 6.07) is 8.18. The number of aromatic hydroxyl groups is 1. The summed E-state index contributed by atoms with van der Waals surface area (Å²) in [4.78, 5) is 23.1. The lowest BCUT2D eigenvalue weighted by Crippen LogP contribution is -2.07. The molecule has 0 bridgehead atoms. The molecule has 0 saturated carbocycles. The molecule has 0 radical (unpaired) electrons.